The molecule has 0 N–H and O–H groups in total. The lowest BCUT2D eigenvalue weighted by Crippen LogP contribution is -2.23. The van der Waals surface area contributed by atoms with Gasteiger partial charge in [-0.2, -0.15) is 13.2 Å². The number of aromatic nitrogens is 2. The van der Waals surface area contributed by atoms with Gasteiger partial charge in [-0.1, -0.05) is 18.2 Å². The summed E-state index contributed by atoms with van der Waals surface area (Å²) in [7, 11) is -5.55. The van der Waals surface area contributed by atoms with Crippen LogP contribution in [0, 0.1) is 0 Å². The van der Waals surface area contributed by atoms with Crippen molar-refractivity contribution in [3.8, 4) is 23.0 Å². The van der Waals surface area contributed by atoms with Gasteiger partial charge in [-0.15, -0.1) is 10.2 Å². The highest BCUT2D eigenvalue weighted by Gasteiger charge is 2.48. The second-order valence-electron chi connectivity index (χ2n) is 4.77. The molecule has 1 heterocycles. The van der Waals surface area contributed by atoms with Gasteiger partial charge in [0.2, 0.25) is 12.3 Å². The molecule has 10 heteroatoms. The predicted molar refractivity (Wildman–Crippen MR) is 79.5 cm³/mol. The van der Waals surface area contributed by atoms with Crippen molar-refractivity contribution in [1.29, 1.82) is 0 Å². The summed E-state index contributed by atoms with van der Waals surface area (Å²) in [5, 5.41) is 7.23. The minimum Gasteiger partial charge on any atom is -0.456 e. The molecule has 0 saturated heterocycles. The zero-order valence-corrected chi connectivity index (χ0v) is 13.1. The first-order valence-electron chi connectivity index (χ1n) is 6.74. The van der Waals surface area contributed by atoms with E-state index < -0.39 is 26.0 Å². The molecule has 0 unspecified atom stereocenters. The van der Waals surface area contributed by atoms with Gasteiger partial charge in [0.15, 0.2) is 0 Å². The number of rotatable bonds is 4. The largest absolute Gasteiger partial charge is 0.502 e. The predicted octanol–water partition coefficient (Wildman–Crippen LogP) is 3.82. The van der Waals surface area contributed by atoms with Crippen LogP contribution < -0.4 is 4.74 Å². The monoisotopic (exact) mass is 370 g/mol. The number of alkyl halides is 3. The van der Waals surface area contributed by atoms with Crippen molar-refractivity contribution in [2.75, 3.05) is 0 Å². The standard InChI is InChI=1S/C15H9F3N2O4S/c16-15(17,18)25(21,22)13-7-2-1-6-12(13)24-11-5-3-4-10(8-11)14-20-19-9-23-14/h1-9H. The molecule has 0 saturated carbocycles. The third-order valence-electron chi connectivity index (χ3n) is 3.11. The Morgan fingerprint density at radius 1 is 1.04 bits per heavy atom. The Hall–Kier alpha value is -2.88. The fourth-order valence-electron chi connectivity index (χ4n) is 2.00. The highest BCUT2D eigenvalue weighted by molar-refractivity contribution is 7.92. The van der Waals surface area contributed by atoms with Crippen molar-refractivity contribution >= 4 is 9.84 Å². The van der Waals surface area contributed by atoms with Gasteiger partial charge in [-0.05, 0) is 30.3 Å². The summed E-state index contributed by atoms with van der Waals surface area (Å²) in [6.45, 7) is 0. The lowest BCUT2D eigenvalue weighted by molar-refractivity contribution is -0.0436. The molecule has 3 rings (SSSR count). The zero-order valence-electron chi connectivity index (χ0n) is 12.3. The van der Waals surface area contributed by atoms with Crippen molar-refractivity contribution in [3.63, 3.8) is 0 Å². The summed E-state index contributed by atoms with van der Waals surface area (Å²) in [6, 6.07) is 10.6. The molecule has 0 aliphatic rings. The fraction of sp³-hybridized carbons (Fsp3) is 0.0667. The van der Waals surface area contributed by atoms with Crippen molar-refractivity contribution in [2.24, 2.45) is 0 Å². The molecule has 0 radical (unpaired) electrons. The number of benzene rings is 2. The van der Waals surface area contributed by atoms with Gasteiger partial charge in [-0.25, -0.2) is 8.42 Å². The summed E-state index contributed by atoms with van der Waals surface area (Å²) >= 11 is 0. The van der Waals surface area contributed by atoms with Crippen molar-refractivity contribution < 1.29 is 30.7 Å². The van der Waals surface area contributed by atoms with Crippen molar-refractivity contribution in [3.05, 3.63) is 54.9 Å². The molecular formula is C15H9F3N2O4S. The molecule has 0 fully saturated rings. The van der Waals surface area contributed by atoms with Gasteiger partial charge in [0.05, 0.1) is 0 Å². The van der Waals surface area contributed by atoms with Crippen LogP contribution in [0.25, 0.3) is 11.5 Å². The highest BCUT2D eigenvalue weighted by Crippen LogP contribution is 2.37. The molecule has 6 nitrogen and oxygen atoms in total. The first kappa shape index (κ1) is 17.0. The Labute approximate surface area is 139 Å². The first-order chi connectivity index (χ1) is 11.8. The van der Waals surface area contributed by atoms with Gasteiger partial charge in [0, 0.05) is 5.56 Å². The van der Waals surface area contributed by atoms with E-state index >= 15 is 0 Å². The molecule has 3 aromatic rings. The first-order valence-corrected chi connectivity index (χ1v) is 8.22. The number of para-hydroxylation sites is 1. The zero-order chi connectivity index (χ0) is 18.1. The number of hydrogen-bond donors (Lipinski definition) is 0. The van der Waals surface area contributed by atoms with Crippen LogP contribution in [-0.2, 0) is 9.84 Å². The highest BCUT2D eigenvalue weighted by atomic mass is 32.2. The average molecular weight is 370 g/mol. The maximum absolute atomic E-state index is 12.8. The van der Waals surface area contributed by atoms with E-state index in [2.05, 4.69) is 10.2 Å². The summed E-state index contributed by atoms with van der Waals surface area (Å²) in [4.78, 5) is -0.967. The quantitative estimate of drug-likeness (QED) is 0.694. The van der Waals surface area contributed by atoms with Gasteiger partial charge < -0.3 is 9.15 Å². The fourth-order valence-corrected chi connectivity index (χ4v) is 2.88. The Morgan fingerprint density at radius 2 is 1.80 bits per heavy atom. The molecule has 2 aromatic carbocycles. The second kappa shape index (κ2) is 6.20. The van der Waals surface area contributed by atoms with Crippen LogP contribution in [0.4, 0.5) is 13.2 Å². The molecule has 1 aromatic heterocycles. The Balaban J connectivity index is 1.99. The smallest absolute Gasteiger partial charge is 0.456 e. The number of hydrogen-bond acceptors (Lipinski definition) is 6. The third-order valence-corrected chi connectivity index (χ3v) is 4.64. The van der Waals surface area contributed by atoms with Crippen LogP contribution in [0.1, 0.15) is 0 Å². The van der Waals surface area contributed by atoms with Gasteiger partial charge >= 0.3 is 5.51 Å². The summed E-state index contributed by atoms with van der Waals surface area (Å²) in [6.07, 6.45) is 1.12. The summed E-state index contributed by atoms with van der Waals surface area (Å²) < 4.78 is 72.2. The van der Waals surface area contributed by atoms with Crippen molar-refractivity contribution in [2.45, 2.75) is 10.4 Å². The van der Waals surface area contributed by atoms with E-state index in [9.17, 15) is 21.6 Å². The van der Waals surface area contributed by atoms with Crippen LogP contribution >= 0.6 is 0 Å². The number of nitrogens with zero attached hydrogens (tertiary/aromatic N) is 2. The third kappa shape index (κ3) is 3.33. The van der Waals surface area contributed by atoms with Gasteiger partial charge in [0.25, 0.3) is 9.84 Å². The van der Waals surface area contributed by atoms with E-state index in [1.54, 1.807) is 12.1 Å². The summed E-state index contributed by atoms with van der Waals surface area (Å²) in [5.74, 6) is -0.148. The average Bonchev–Trinajstić information content (AvgIpc) is 3.09. The molecular weight excluding hydrogens is 361 g/mol. The van der Waals surface area contributed by atoms with Crippen LogP contribution in [0.5, 0.6) is 11.5 Å². The van der Waals surface area contributed by atoms with E-state index in [1.807, 2.05) is 0 Å². The van der Waals surface area contributed by atoms with E-state index in [-0.39, 0.29) is 11.6 Å². The Kier molecular flexibility index (Phi) is 4.21. The molecule has 0 bridgehead atoms. The minimum absolute atomic E-state index is 0.112. The maximum Gasteiger partial charge on any atom is 0.502 e. The second-order valence-corrected chi connectivity index (χ2v) is 6.68. The lowest BCUT2D eigenvalue weighted by atomic mass is 10.2. The van der Waals surface area contributed by atoms with E-state index in [0.717, 1.165) is 18.5 Å². The Morgan fingerprint density at radius 3 is 2.48 bits per heavy atom. The number of halogens is 3. The molecule has 0 aliphatic heterocycles. The lowest BCUT2D eigenvalue weighted by Gasteiger charge is -2.13. The molecule has 0 atom stereocenters. The Bertz CT molecular complexity index is 986. The van der Waals surface area contributed by atoms with Crippen LogP contribution in [-0.4, -0.2) is 24.1 Å². The maximum atomic E-state index is 12.8. The van der Waals surface area contributed by atoms with Gasteiger partial charge in [-0.3, -0.25) is 0 Å². The number of ether oxygens (including phenoxy) is 1. The molecule has 130 valence electrons. The molecule has 0 amide bonds. The molecule has 0 spiro atoms. The van der Waals surface area contributed by atoms with Crippen LogP contribution in [0.2, 0.25) is 0 Å². The van der Waals surface area contributed by atoms with Crippen LogP contribution in [0.15, 0.2) is 64.2 Å². The van der Waals surface area contributed by atoms with Crippen molar-refractivity contribution in [1.82, 2.24) is 10.2 Å². The topological polar surface area (TPSA) is 82.3 Å². The normalized spacial score (nSPS) is 12.1. The van der Waals surface area contributed by atoms with Crippen LogP contribution in [0.3, 0.4) is 0 Å². The SMILES string of the molecule is O=S(=O)(c1ccccc1Oc1cccc(-c2nnco2)c1)C(F)(F)F. The van der Waals surface area contributed by atoms with Gasteiger partial charge in [0.1, 0.15) is 16.4 Å². The molecule has 0 aliphatic carbocycles. The molecule has 25 heavy (non-hydrogen) atoms. The number of sulfone groups is 1. The van der Waals surface area contributed by atoms with E-state index in [1.165, 1.54) is 24.3 Å². The van der Waals surface area contributed by atoms with E-state index in [4.69, 9.17) is 9.15 Å². The minimum atomic E-state index is -5.55. The van der Waals surface area contributed by atoms with E-state index in [0.29, 0.717) is 5.56 Å². The summed E-state index contributed by atoms with van der Waals surface area (Å²) in [5.41, 5.74) is -4.97.